The van der Waals surface area contributed by atoms with Crippen LogP contribution < -0.4 is 15.5 Å². The van der Waals surface area contributed by atoms with Gasteiger partial charge >= 0.3 is 0 Å². The van der Waals surface area contributed by atoms with Crippen LogP contribution in [0.2, 0.25) is 0 Å². The van der Waals surface area contributed by atoms with E-state index in [1.165, 1.54) is 29.4 Å². The summed E-state index contributed by atoms with van der Waals surface area (Å²) in [4.78, 5) is 53.1. The van der Waals surface area contributed by atoms with E-state index in [9.17, 15) is 19.2 Å². The van der Waals surface area contributed by atoms with Gasteiger partial charge in [0.15, 0.2) is 11.8 Å². The molecule has 1 aromatic carbocycles. The summed E-state index contributed by atoms with van der Waals surface area (Å²) in [6.07, 6.45) is 5.30. The van der Waals surface area contributed by atoms with Gasteiger partial charge in [0.2, 0.25) is 5.91 Å². The molecule has 2 aromatic heterocycles. The Kier molecular flexibility index (Phi) is 7.77. The van der Waals surface area contributed by atoms with E-state index in [0.29, 0.717) is 21.9 Å². The molecule has 1 fully saturated rings. The van der Waals surface area contributed by atoms with Crippen LogP contribution in [0.5, 0.6) is 0 Å². The van der Waals surface area contributed by atoms with E-state index < -0.39 is 11.9 Å². The number of hydrogen-bond donors (Lipinski definition) is 2. The van der Waals surface area contributed by atoms with Crippen LogP contribution in [0.25, 0.3) is 0 Å². The van der Waals surface area contributed by atoms with Crippen molar-refractivity contribution in [1.82, 2.24) is 10.6 Å². The van der Waals surface area contributed by atoms with E-state index in [4.69, 9.17) is 4.42 Å². The number of hydrogen-bond acceptors (Lipinski definition) is 6. The molecule has 0 spiro atoms. The normalized spacial score (nSPS) is 14.3. The number of carbonyl (C=O) groups excluding carboxylic acids is 4. The second-order valence-corrected chi connectivity index (χ2v) is 9.38. The predicted molar refractivity (Wildman–Crippen MR) is 132 cm³/mol. The Morgan fingerprint density at radius 2 is 1.80 bits per heavy atom. The third-order valence-corrected chi connectivity index (χ3v) is 6.86. The SMILES string of the molecule is CC(=O)c1ccc(N(C(=O)CNC(=O)c2cccs2)C(C(=O)NC2CCCC2)c2ccco2)cc1. The Bertz CT molecular complexity index is 1170. The number of anilines is 1. The smallest absolute Gasteiger partial charge is 0.261 e. The highest BCUT2D eigenvalue weighted by Gasteiger charge is 2.36. The van der Waals surface area contributed by atoms with Crippen molar-refractivity contribution in [1.29, 1.82) is 0 Å². The Morgan fingerprint density at radius 3 is 2.40 bits per heavy atom. The lowest BCUT2D eigenvalue weighted by atomic mass is 10.1. The lowest BCUT2D eigenvalue weighted by molar-refractivity contribution is -0.127. The van der Waals surface area contributed by atoms with Gasteiger partial charge < -0.3 is 15.1 Å². The van der Waals surface area contributed by atoms with Gasteiger partial charge in [-0.05, 0) is 67.6 Å². The maximum atomic E-state index is 13.5. The van der Waals surface area contributed by atoms with Gasteiger partial charge in [-0.3, -0.25) is 24.1 Å². The van der Waals surface area contributed by atoms with Gasteiger partial charge in [-0.1, -0.05) is 18.9 Å². The highest BCUT2D eigenvalue weighted by molar-refractivity contribution is 7.12. The highest BCUT2D eigenvalue weighted by atomic mass is 32.1. The van der Waals surface area contributed by atoms with Gasteiger partial charge in [0.1, 0.15) is 5.76 Å². The Hall–Kier alpha value is -3.72. The van der Waals surface area contributed by atoms with Crippen LogP contribution in [0.3, 0.4) is 0 Å². The lowest BCUT2D eigenvalue weighted by Gasteiger charge is -2.31. The first kappa shape index (κ1) is 24.4. The average molecular weight is 494 g/mol. The van der Waals surface area contributed by atoms with Gasteiger partial charge in [-0.25, -0.2) is 0 Å². The number of thiophene rings is 1. The van der Waals surface area contributed by atoms with Crippen molar-refractivity contribution in [2.45, 2.75) is 44.7 Å². The molecule has 0 radical (unpaired) electrons. The summed E-state index contributed by atoms with van der Waals surface area (Å²) in [6, 6.07) is 12.1. The van der Waals surface area contributed by atoms with Gasteiger partial charge in [0.25, 0.3) is 11.8 Å². The molecule has 2 N–H and O–H groups in total. The molecule has 4 rings (SSSR count). The van der Waals surface area contributed by atoms with Gasteiger partial charge in [0, 0.05) is 17.3 Å². The van der Waals surface area contributed by atoms with Crippen LogP contribution in [0, 0.1) is 0 Å². The Balaban J connectivity index is 1.65. The Morgan fingerprint density at radius 1 is 1.06 bits per heavy atom. The fraction of sp³-hybridized carbons (Fsp3) is 0.308. The number of carbonyl (C=O) groups is 4. The number of benzene rings is 1. The molecule has 0 saturated heterocycles. The molecule has 0 aliphatic heterocycles. The fourth-order valence-electron chi connectivity index (χ4n) is 4.20. The summed E-state index contributed by atoms with van der Waals surface area (Å²) in [5.74, 6) is -1.03. The van der Waals surface area contributed by atoms with Crippen molar-refractivity contribution in [3.8, 4) is 0 Å². The number of nitrogens with zero attached hydrogens (tertiary/aromatic N) is 1. The second kappa shape index (κ2) is 11.1. The minimum absolute atomic E-state index is 0.0375. The highest BCUT2D eigenvalue weighted by Crippen LogP contribution is 2.30. The summed E-state index contributed by atoms with van der Waals surface area (Å²) in [5.41, 5.74) is 0.894. The molecular weight excluding hydrogens is 466 g/mol. The fourth-order valence-corrected chi connectivity index (χ4v) is 4.84. The molecule has 0 bridgehead atoms. The largest absolute Gasteiger partial charge is 0.467 e. The van der Waals surface area contributed by atoms with Crippen LogP contribution in [-0.4, -0.2) is 36.1 Å². The number of amides is 3. The van der Waals surface area contributed by atoms with E-state index in [2.05, 4.69) is 10.6 Å². The van der Waals surface area contributed by atoms with E-state index >= 15 is 0 Å². The van der Waals surface area contributed by atoms with Crippen LogP contribution in [-0.2, 0) is 9.59 Å². The summed E-state index contributed by atoms with van der Waals surface area (Å²) < 4.78 is 5.59. The van der Waals surface area contributed by atoms with Crippen molar-refractivity contribution in [2.75, 3.05) is 11.4 Å². The number of rotatable bonds is 9. The lowest BCUT2D eigenvalue weighted by Crippen LogP contribution is -2.49. The van der Waals surface area contributed by atoms with Gasteiger partial charge in [-0.2, -0.15) is 0 Å². The molecule has 2 heterocycles. The van der Waals surface area contributed by atoms with E-state index in [0.717, 1.165) is 25.7 Å². The minimum atomic E-state index is -1.08. The van der Waals surface area contributed by atoms with Gasteiger partial charge in [-0.15, -0.1) is 11.3 Å². The molecule has 1 atom stereocenters. The number of Topliss-reactive ketones (excluding diaryl/α,β-unsaturated/α-hetero) is 1. The maximum Gasteiger partial charge on any atom is 0.261 e. The quantitative estimate of drug-likeness (QED) is 0.436. The van der Waals surface area contributed by atoms with Crippen LogP contribution in [0.1, 0.15) is 64.4 Å². The predicted octanol–water partition coefficient (Wildman–Crippen LogP) is 4.11. The standard InChI is InChI=1S/C26H27N3O5S/c1-17(30)18-10-12-20(13-11-18)29(23(31)16-27-25(32)22-9-5-15-35-22)24(21-8-4-14-34-21)26(33)28-19-6-2-3-7-19/h4-5,8-15,19,24H,2-3,6-7,16H2,1H3,(H,27,32)(H,28,33). The molecule has 8 nitrogen and oxygen atoms in total. The first-order chi connectivity index (χ1) is 16.9. The molecule has 1 unspecified atom stereocenters. The van der Waals surface area contributed by atoms with Gasteiger partial charge in [0.05, 0.1) is 17.7 Å². The summed E-state index contributed by atoms with van der Waals surface area (Å²) in [7, 11) is 0. The first-order valence-electron chi connectivity index (χ1n) is 11.5. The van der Waals surface area contributed by atoms with Crippen LogP contribution in [0.4, 0.5) is 5.69 Å². The summed E-state index contributed by atoms with van der Waals surface area (Å²) in [5, 5.41) is 7.48. The van der Waals surface area contributed by atoms with Crippen LogP contribution in [0.15, 0.2) is 64.6 Å². The topological polar surface area (TPSA) is 109 Å². The molecular formula is C26H27N3O5S. The Labute approximate surface area is 207 Å². The third kappa shape index (κ3) is 5.86. The zero-order valence-electron chi connectivity index (χ0n) is 19.4. The average Bonchev–Trinajstić information content (AvgIpc) is 3.64. The summed E-state index contributed by atoms with van der Waals surface area (Å²) >= 11 is 1.27. The number of ketones is 1. The minimum Gasteiger partial charge on any atom is -0.467 e. The van der Waals surface area contributed by atoms with E-state index in [-0.39, 0.29) is 30.2 Å². The molecule has 3 aromatic rings. The molecule has 9 heteroatoms. The molecule has 1 aliphatic carbocycles. The number of furan rings is 1. The van der Waals surface area contributed by atoms with Crippen molar-refractivity contribution in [2.24, 2.45) is 0 Å². The van der Waals surface area contributed by atoms with Crippen LogP contribution >= 0.6 is 11.3 Å². The third-order valence-electron chi connectivity index (χ3n) is 5.99. The van der Waals surface area contributed by atoms with Crippen molar-refractivity contribution >= 4 is 40.5 Å². The zero-order chi connectivity index (χ0) is 24.8. The molecule has 3 amide bonds. The monoisotopic (exact) mass is 493 g/mol. The van der Waals surface area contributed by atoms with Crippen molar-refractivity contribution in [3.63, 3.8) is 0 Å². The first-order valence-corrected chi connectivity index (χ1v) is 12.4. The van der Waals surface area contributed by atoms with E-state index in [1.54, 1.807) is 53.9 Å². The van der Waals surface area contributed by atoms with Crippen molar-refractivity contribution < 1.29 is 23.6 Å². The zero-order valence-corrected chi connectivity index (χ0v) is 20.2. The van der Waals surface area contributed by atoms with Crippen molar-refractivity contribution in [3.05, 3.63) is 76.4 Å². The molecule has 182 valence electrons. The molecule has 35 heavy (non-hydrogen) atoms. The molecule has 1 aliphatic rings. The molecule has 1 saturated carbocycles. The number of nitrogens with one attached hydrogen (secondary N) is 2. The second-order valence-electron chi connectivity index (χ2n) is 8.43. The summed E-state index contributed by atoms with van der Waals surface area (Å²) in [6.45, 7) is 1.14. The maximum absolute atomic E-state index is 13.5. The van der Waals surface area contributed by atoms with E-state index in [1.807, 2.05) is 0 Å².